The molecule has 0 unspecified atom stereocenters. The van der Waals surface area contributed by atoms with Gasteiger partial charge in [0.25, 0.3) is 0 Å². The summed E-state index contributed by atoms with van der Waals surface area (Å²) in [6.07, 6.45) is 4.41. The maximum absolute atomic E-state index is 9.54. The van der Waals surface area contributed by atoms with E-state index >= 15 is 0 Å². The van der Waals surface area contributed by atoms with Crippen molar-refractivity contribution in [2.24, 2.45) is 0 Å². The quantitative estimate of drug-likeness (QED) is 0.849. The zero-order valence-corrected chi connectivity index (χ0v) is 11.2. The highest BCUT2D eigenvalue weighted by Gasteiger charge is 2.19. The SMILES string of the molecule is CCCNc1ncc(C)c(N2CCC(O)CC2)n1. The molecule has 0 spiro atoms. The molecule has 1 saturated heterocycles. The number of hydrogen-bond donors (Lipinski definition) is 2. The summed E-state index contributed by atoms with van der Waals surface area (Å²) in [6.45, 7) is 6.78. The van der Waals surface area contributed by atoms with Crippen LogP contribution in [0.4, 0.5) is 11.8 Å². The molecule has 0 amide bonds. The van der Waals surface area contributed by atoms with Gasteiger partial charge in [0, 0.05) is 31.4 Å². The van der Waals surface area contributed by atoms with E-state index in [0.29, 0.717) is 5.95 Å². The normalized spacial score (nSPS) is 16.9. The summed E-state index contributed by atoms with van der Waals surface area (Å²) in [5, 5.41) is 12.8. The Morgan fingerprint density at radius 1 is 1.44 bits per heavy atom. The fourth-order valence-electron chi connectivity index (χ4n) is 2.15. The van der Waals surface area contributed by atoms with Crippen molar-refractivity contribution in [2.45, 2.75) is 39.2 Å². The number of nitrogens with one attached hydrogen (secondary N) is 1. The Balaban J connectivity index is 2.10. The van der Waals surface area contributed by atoms with Crippen LogP contribution in [0.1, 0.15) is 31.7 Å². The summed E-state index contributed by atoms with van der Waals surface area (Å²) in [4.78, 5) is 11.1. The van der Waals surface area contributed by atoms with Crippen molar-refractivity contribution in [1.29, 1.82) is 0 Å². The van der Waals surface area contributed by atoms with E-state index in [9.17, 15) is 5.11 Å². The van der Waals surface area contributed by atoms with Crippen LogP contribution in [0, 0.1) is 6.92 Å². The second-order valence-corrected chi connectivity index (χ2v) is 4.85. The Hall–Kier alpha value is -1.36. The highest BCUT2D eigenvalue weighted by Crippen LogP contribution is 2.22. The molecule has 0 radical (unpaired) electrons. The Morgan fingerprint density at radius 3 is 2.83 bits per heavy atom. The number of aliphatic hydroxyl groups is 1. The van der Waals surface area contributed by atoms with Gasteiger partial charge in [-0.25, -0.2) is 4.98 Å². The van der Waals surface area contributed by atoms with Crippen LogP contribution in [0.5, 0.6) is 0 Å². The Labute approximate surface area is 108 Å². The summed E-state index contributed by atoms with van der Waals surface area (Å²) >= 11 is 0. The van der Waals surface area contributed by atoms with Gasteiger partial charge in [0.05, 0.1) is 6.10 Å². The van der Waals surface area contributed by atoms with Crippen molar-refractivity contribution in [3.63, 3.8) is 0 Å². The largest absolute Gasteiger partial charge is 0.393 e. The van der Waals surface area contributed by atoms with E-state index in [1.54, 1.807) is 0 Å². The van der Waals surface area contributed by atoms with Crippen molar-refractivity contribution in [3.05, 3.63) is 11.8 Å². The third kappa shape index (κ3) is 3.10. The van der Waals surface area contributed by atoms with E-state index in [1.807, 2.05) is 13.1 Å². The van der Waals surface area contributed by atoms with Crippen molar-refractivity contribution in [3.8, 4) is 0 Å². The van der Waals surface area contributed by atoms with E-state index in [4.69, 9.17) is 0 Å². The standard InChI is InChI=1S/C13H22N4O/c1-3-6-14-13-15-9-10(2)12(16-13)17-7-4-11(18)5-8-17/h9,11,18H,3-8H2,1-2H3,(H,14,15,16). The van der Waals surface area contributed by atoms with Gasteiger partial charge in [-0.05, 0) is 26.2 Å². The van der Waals surface area contributed by atoms with Gasteiger partial charge in [-0.2, -0.15) is 4.98 Å². The van der Waals surface area contributed by atoms with E-state index in [0.717, 1.165) is 50.3 Å². The number of rotatable bonds is 4. The van der Waals surface area contributed by atoms with E-state index < -0.39 is 0 Å². The minimum atomic E-state index is -0.152. The fourth-order valence-corrected chi connectivity index (χ4v) is 2.15. The molecule has 0 bridgehead atoms. The van der Waals surface area contributed by atoms with Crippen LogP contribution in [0.3, 0.4) is 0 Å². The molecule has 1 aromatic heterocycles. The molecule has 0 aliphatic carbocycles. The number of aliphatic hydroxyl groups excluding tert-OH is 1. The molecule has 100 valence electrons. The van der Waals surface area contributed by atoms with E-state index in [-0.39, 0.29) is 6.10 Å². The van der Waals surface area contributed by atoms with Crippen LogP contribution in [0.15, 0.2) is 6.20 Å². The molecule has 2 heterocycles. The number of piperidine rings is 1. The maximum atomic E-state index is 9.54. The van der Waals surface area contributed by atoms with E-state index in [2.05, 4.69) is 27.1 Å². The molecule has 1 aliphatic heterocycles. The minimum Gasteiger partial charge on any atom is -0.393 e. The number of aryl methyl sites for hydroxylation is 1. The molecular formula is C13H22N4O. The van der Waals surface area contributed by atoms with Gasteiger partial charge in [0.15, 0.2) is 0 Å². The molecule has 1 aromatic rings. The molecular weight excluding hydrogens is 228 g/mol. The summed E-state index contributed by atoms with van der Waals surface area (Å²) in [6, 6.07) is 0. The molecule has 2 rings (SSSR count). The summed E-state index contributed by atoms with van der Waals surface area (Å²) < 4.78 is 0. The van der Waals surface area contributed by atoms with Crippen molar-refractivity contribution >= 4 is 11.8 Å². The third-order valence-corrected chi connectivity index (χ3v) is 3.24. The first-order valence-corrected chi connectivity index (χ1v) is 6.71. The monoisotopic (exact) mass is 250 g/mol. The second kappa shape index (κ2) is 6.00. The number of hydrogen-bond acceptors (Lipinski definition) is 5. The Bertz CT molecular complexity index is 389. The molecule has 5 nitrogen and oxygen atoms in total. The van der Waals surface area contributed by atoms with Crippen LogP contribution in [0.25, 0.3) is 0 Å². The first-order valence-electron chi connectivity index (χ1n) is 6.71. The third-order valence-electron chi connectivity index (χ3n) is 3.24. The molecule has 2 N–H and O–H groups in total. The minimum absolute atomic E-state index is 0.152. The topological polar surface area (TPSA) is 61.3 Å². The van der Waals surface area contributed by atoms with Crippen LogP contribution in [-0.2, 0) is 0 Å². The van der Waals surface area contributed by atoms with Crippen molar-refractivity contribution in [2.75, 3.05) is 29.9 Å². The van der Waals surface area contributed by atoms with Gasteiger partial charge in [0.2, 0.25) is 5.95 Å². The Kier molecular flexibility index (Phi) is 4.36. The van der Waals surface area contributed by atoms with Crippen LogP contribution < -0.4 is 10.2 Å². The number of aromatic nitrogens is 2. The smallest absolute Gasteiger partial charge is 0.224 e. The van der Waals surface area contributed by atoms with Gasteiger partial charge in [-0.15, -0.1) is 0 Å². The summed E-state index contributed by atoms with van der Waals surface area (Å²) in [7, 11) is 0. The zero-order chi connectivity index (χ0) is 13.0. The Morgan fingerprint density at radius 2 is 2.17 bits per heavy atom. The average Bonchev–Trinajstić information content (AvgIpc) is 2.39. The predicted octanol–water partition coefficient (Wildman–Crippen LogP) is 1.57. The molecule has 0 saturated carbocycles. The van der Waals surface area contributed by atoms with Crippen LogP contribution in [-0.4, -0.2) is 40.8 Å². The number of nitrogens with zero attached hydrogens (tertiary/aromatic N) is 3. The fraction of sp³-hybridized carbons (Fsp3) is 0.692. The highest BCUT2D eigenvalue weighted by atomic mass is 16.3. The van der Waals surface area contributed by atoms with Crippen molar-refractivity contribution < 1.29 is 5.11 Å². The lowest BCUT2D eigenvalue weighted by molar-refractivity contribution is 0.145. The summed E-state index contributed by atoms with van der Waals surface area (Å²) in [5.41, 5.74) is 1.09. The lowest BCUT2D eigenvalue weighted by atomic mass is 10.1. The van der Waals surface area contributed by atoms with Gasteiger partial charge in [-0.3, -0.25) is 0 Å². The molecule has 0 aromatic carbocycles. The van der Waals surface area contributed by atoms with Gasteiger partial charge in [0.1, 0.15) is 5.82 Å². The lowest BCUT2D eigenvalue weighted by Gasteiger charge is -2.31. The number of anilines is 2. The second-order valence-electron chi connectivity index (χ2n) is 4.85. The molecule has 1 fully saturated rings. The van der Waals surface area contributed by atoms with E-state index in [1.165, 1.54) is 0 Å². The van der Waals surface area contributed by atoms with Crippen molar-refractivity contribution in [1.82, 2.24) is 9.97 Å². The molecule has 18 heavy (non-hydrogen) atoms. The average molecular weight is 250 g/mol. The highest BCUT2D eigenvalue weighted by molar-refractivity contribution is 5.49. The molecule has 1 aliphatic rings. The molecule has 5 heteroatoms. The predicted molar refractivity (Wildman–Crippen MR) is 73.0 cm³/mol. The van der Waals surface area contributed by atoms with Gasteiger partial charge in [-0.1, -0.05) is 6.92 Å². The zero-order valence-electron chi connectivity index (χ0n) is 11.2. The first-order chi connectivity index (χ1) is 8.70. The molecule has 0 atom stereocenters. The van der Waals surface area contributed by atoms with Crippen LogP contribution >= 0.6 is 0 Å². The van der Waals surface area contributed by atoms with Gasteiger partial charge < -0.3 is 15.3 Å². The summed E-state index contributed by atoms with van der Waals surface area (Å²) in [5.74, 6) is 1.69. The van der Waals surface area contributed by atoms with Gasteiger partial charge >= 0.3 is 0 Å². The lowest BCUT2D eigenvalue weighted by Crippen LogP contribution is -2.36. The first kappa shape index (κ1) is 13.1. The van der Waals surface area contributed by atoms with Crippen LogP contribution in [0.2, 0.25) is 0 Å². The maximum Gasteiger partial charge on any atom is 0.224 e.